The molecule has 0 spiro atoms. The molecule has 0 bridgehead atoms. The largest absolute Gasteiger partial charge is 0.340 e. The Morgan fingerprint density at radius 3 is 1.88 bits per heavy atom. The van der Waals surface area contributed by atoms with Crippen LogP contribution in [-0.4, -0.2) is 53.9 Å². The van der Waals surface area contributed by atoms with E-state index in [9.17, 15) is 10.1 Å². The number of piperazine rings is 1. The molecular formula is C27H31N5O. The molecule has 2 aromatic carbocycles. The maximum absolute atomic E-state index is 11.2. The van der Waals surface area contributed by atoms with Gasteiger partial charge in [-0.05, 0) is 24.2 Å². The summed E-state index contributed by atoms with van der Waals surface area (Å²) in [5.41, 5.74) is 3.51. The highest BCUT2D eigenvalue weighted by Gasteiger charge is 2.25. The molecule has 6 nitrogen and oxygen atoms in total. The SMILES string of the molecule is CC(=O)N1CCN(C(C#N)c2cccnc2)CC1.CNC(c1ccccc1)c1ccccc1. The molecule has 1 aliphatic heterocycles. The number of pyridine rings is 1. The predicted molar refractivity (Wildman–Crippen MR) is 130 cm³/mol. The highest BCUT2D eigenvalue weighted by atomic mass is 16.2. The van der Waals surface area contributed by atoms with Gasteiger partial charge in [0.15, 0.2) is 0 Å². The van der Waals surface area contributed by atoms with Crippen molar-refractivity contribution in [2.75, 3.05) is 33.2 Å². The molecule has 3 aromatic rings. The van der Waals surface area contributed by atoms with Gasteiger partial charge in [-0.25, -0.2) is 0 Å². The van der Waals surface area contributed by atoms with E-state index in [1.54, 1.807) is 19.3 Å². The van der Waals surface area contributed by atoms with Crippen LogP contribution in [0.25, 0.3) is 0 Å². The van der Waals surface area contributed by atoms with Gasteiger partial charge < -0.3 is 10.2 Å². The van der Waals surface area contributed by atoms with Gasteiger partial charge in [0.1, 0.15) is 6.04 Å². The number of rotatable bonds is 5. The summed E-state index contributed by atoms with van der Waals surface area (Å²) in [5, 5.41) is 12.6. The Bertz CT molecular complexity index is 973. The average Bonchev–Trinajstić information content (AvgIpc) is 2.88. The first-order chi connectivity index (χ1) is 16.1. The van der Waals surface area contributed by atoms with Crippen LogP contribution in [0.4, 0.5) is 0 Å². The second kappa shape index (κ2) is 12.5. The minimum absolute atomic E-state index is 0.101. The van der Waals surface area contributed by atoms with Gasteiger partial charge in [-0.1, -0.05) is 66.7 Å². The maximum atomic E-state index is 11.2. The van der Waals surface area contributed by atoms with Crippen LogP contribution in [0.1, 0.15) is 35.7 Å². The second-order valence-electron chi connectivity index (χ2n) is 7.90. The zero-order valence-electron chi connectivity index (χ0n) is 19.3. The number of carbonyl (C=O) groups excluding carboxylic acids is 1. The third kappa shape index (κ3) is 6.72. The fraction of sp³-hybridized carbons (Fsp3) is 0.296. The number of nitrogens with one attached hydrogen (secondary N) is 1. The predicted octanol–water partition coefficient (Wildman–Crippen LogP) is 3.81. The number of amides is 1. The monoisotopic (exact) mass is 441 g/mol. The van der Waals surface area contributed by atoms with Crippen LogP contribution < -0.4 is 5.32 Å². The van der Waals surface area contributed by atoms with Gasteiger partial charge in [-0.15, -0.1) is 0 Å². The molecule has 1 fully saturated rings. The minimum atomic E-state index is -0.271. The van der Waals surface area contributed by atoms with Crippen LogP contribution >= 0.6 is 0 Å². The van der Waals surface area contributed by atoms with E-state index in [0.29, 0.717) is 13.1 Å². The molecule has 1 aliphatic rings. The molecule has 0 aliphatic carbocycles. The average molecular weight is 442 g/mol. The molecule has 2 heterocycles. The summed E-state index contributed by atoms with van der Waals surface area (Å²) in [7, 11) is 1.99. The van der Waals surface area contributed by atoms with Crippen LogP contribution in [0, 0.1) is 11.3 Å². The van der Waals surface area contributed by atoms with Crippen molar-refractivity contribution in [2.45, 2.75) is 19.0 Å². The van der Waals surface area contributed by atoms with Gasteiger partial charge in [0.25, 0.3) is 0 Å². The normalized spacial score (nSPS) is 14.7. The van der Waals surface area contributed by atoms with Crippen molar-refractivity contribution in [2.24, 2.45) is 0 Å². The number of nitrogens with zero attached hydrogens (tertiary/aromatic N) is 4. The summed E-state index contributed by atoms with van der Waals surface area (Å²) in [6, 6.07) is 27.0. The Balaban J connectivity index is 0.000000189. The lowest BCUT2D eigenvalue weighted by Gasteiger charge is -2.36. The Morgan fingerprint density at radius 1 is 0.909 bits per heavy atom. The first kappa shape index (κ1) is 24.1. The zero-order valence-corrected chi connectivity index (χ0v) is 19.3. The third-order valence-corrected chi connectivity index (χ3v) is 5.80. The molecule has 1 aromatic heterocycles. The van der Waals surface area contributed by atoms with Crippen molar-refractivity contribution in [3.63, 3.8) is 0 Å². The van der Waals surface area contributed by atoms with E-state index in [1.165, 1.54) is 11.1 Å². The summed E-state index contributed by atoms with van der Waals surface area (Å²) in [4.78, 5) is 19.2. The zero-order chi connectivity index (χ0) is 23.5. The molecule has 1 atom stereocenters. The topological polar surface area (TPSA) is 72.3 Å². The summed E-state index contributed by atoms with van der Waals surface area (Å²) >= 11 is 0. The summed E-state index contributed by atoms with van der Waals surface area (Å²) < 4.78 is 0. The maximum Gasteiger partial charge on any atom is 0.219 e. The first-order valence-electron chi connectivity index (χ1n) is 11.2. The number of hydrogen-bond donors (Lipinski definition) is 1. The number of benzene rings is 2. The molecule has 170 valence electrons. The van der Waals surface area contributed by atoms with Gasteiger partial charge in [0.2, 0.25) is 5.91 Å². The lowest BCUT2D eigenvalue weighted by molar-refractivity contribution is -0.130. The van der Waals surface area contributed by atoms with E-state index >= 15 is 0 Å². The van der Waals surface area contributed by atoms with E-state index in [-0.39, 0.29) is 18.0 Å². The smallest absolute Gasteiger partial charge is 0.219 e. The van der Waals surface area contributed by atoms with E-state index in [2.05, 4.69) is 69.8 Å². The van der Waals surface area contributed by atoms with Crippen LogP contribution in [0.5, 0.6) is 0 Å². The lowest BCUT2D eigenvalue weighted by atomic mass is 9.99. The van der Waals surface area contributed by atoms with E-state index < -0.39 is 0 Å². The van der Waals surface area contributed by atoms with Crippen molar-refractivity contribution in [1.29, 1.82) is 5.26 Å². The summed E-state index contributed by atoms with van der Waals surface area (Å²) in [6.45, 7) is 4.42. The highest BCUT2D eigenvalue weighted by molar-refractivity contribution is 5.73. The van der Waals surface area contributed by atoms with Crippen LogP contribution in [0.2, 0.25) is 0 Å². The fourth-order valence-electron chi connectivity index (χ4n) is 4.02. The Kier molecular flexibility index (Phi) is 9.13. The van der Waals surface area contributed by atoms with E-state index in [4.69, 9.17) is 0 Å². The Morgan fingerprint density at radius 2 is 1.45 bits per heavy atom. The molecule has 4 rings (SSSR count). The van der Waals surface area contributed by atoms with Gasteiger partial charge in [0, 0.05) is 51.1 Å². The Labute approximate surface area is 196 Å². The minimum Gasteiger partial charge on any atom is -0.340 e. The second-order valence-corrected chi connectivity index (χ2v) is 7.90. The standard InChI is InChI=1S/C14H15N.C13H16N4O/c1-15-14(12-8-4-2-5-9-12)13-10-6-3-7-11-13;1-11(18)16-5-7-17(8-6-16)13(9-14)12-3-2-4-15-10-12/h2-11,14-15H,1H3;2-4,10,13H,5-8H2,1H3. The fourth-order valence-corrected chi connectivity index (χ4v) is 4.02. The van der Waals surface area contributed by atoms with Crippen molar-refractivity contribution >= 4 is 5.91 Å². The molecule has 0 radical (unpaired) electrons. The number of nitriles is 1. The van der Waals surface area contributed by atoms with Gasteiger partial charge in [-0.3, -0.25) is 14.7 Å². The summed E-state index contributed by atoms with van der Waals surface area (Å²) in [6.07, 6.45) is 3.43. The van der Waals surface area contributed by atoms with Gasteiger partial charge in [-0.2, -0.15) is 5.26 Å². The van der Waals surface area contributed by atoms with Crippen LogP contribution in [0.3, 0.4) is 0 Å². The van der Waals surface area contributed by atoms with Crippen molar-refractivity contribution in [1.82, 2.24) is 20.1 Å². The van der Waals surface area contributed by atoms with Crippen LogP contribution in [-0.2, 0) is 4.79 Å². The molecule has 1 unspecified atom stereocenters. The quantitative estimate of drug-likeness (QED) is 0.652. The van der Waals surface area contributed by atoms with Gasteiger partial charge >= 0.3 is 0 Å². The molecule has 1 N–H and O–H groups in total. The number of aromatic nitrogens is 1. The molecule has 6 heteroatoms. The van der Waals surface area contributed by atoms with Crippen molar-refractivity contribution in [3.05, 3.63) is 102 Å². The lowest BCUT2D eigenvalue weighted by Crippen LogP contribution is -2.48. The molecule has 33 heavy (non-hydrogen) atoms. The Hall–Kier alpha value is -3.53. The molecular weight excluding hydrogens is 410 g/mol. The van der Waals surface area contributed by atoms with E-state index in [1.807, 2.05) is 36.2 Å². The van der Waals surface area contributed by atoms with Crippen molar-refractivity contribution in [3.8, 4) is 6.07 Å². The van der Waals surface area contributed by atoms with Crippen molar-refractivity contribution < 1.29 is 4.79 Å². The van der Waals surface area contributed by atoms with Crippen LogP contribution in [0.15, 0.2) is 85.2 Å². The number of hydrogen-bond acceptors (Lipinski definition) is 5. The number of carbonyl (C=O) groups is 1. The molecule has 0 saturated carbocycles. The third-order valence-electron chi connectivity index (χ3n) is 5.80. The molecule has 1 amide bonds. The van der Waals surface area contributed by atoms with Gasteiger partial charge in [0.05, 0.1) is 12.1 Å². The van der Waals surface area contributed by atoms with E-state index in [0.717, 1.165) is 18.7 Å². The highest BCUT2D eigenvalue weighted by Crippen LogP contribution is 2.21. The molecule has 1 saturated heterocycles. The first-order valence-corrected chi connectivity index (χ1v) is 11.2. The summed E-state index contributed by atoms with van der Waals surface area (Å²) in [5.74, 6) is 0.101.